The summed E-state index contributed by atoms with van der Waals surface area (Å²) in [6, 6.07) is 0. The van der Waals surface area contributed by atoms with E-state index in [1.54, 1.807) is 6.20 Å². The molecule has 0 aliphatic rings. The zero-order valence-electron chi connectivity index (χ0n) is 4.76. The minimum absolute atomic E-state index is 0.625. The molecule has 0 amide bonds. The second-order valence-electron chi connectivity index (χ2n) is 1.52. The molecule has 0 saturated heterocycles. The lowest BCUT2D eigenvalue weighted by atomic mass is 10.7. The lowest BCUT2D eigenvalue weighted by molar-refractivity contribution is 1.13. The van der Waals surface area contributed by atoms with Crippen molar-refractivity contribution in [3.63, 3.8) is 0 Å². The fraction of sp³-hybridized carbons (Fsp3) is 0. The van der Waals surface area contributed by atoms with Crippen LogP contribution in [0.15, 0.2) is 11.6 Å². The lowest BCUT2D eigenvalue weighted by Crippen LogP contribution is -1.76. The van der Waals surface area contributed by atoms with Gasteiger partial charge in [0.25, 0.3) is 0 Å². The van der Waals surface area contributed by atoms with Crippen molar-refractivity contribution < 1.29 is 0 Å². The van der Waals surface area contributed by atoms with Crippen LogP contribution in [-0.2, 0) is 0 Å². The monoisotopic (exact) mass is 170 g/mol. The van der Waals surface area contributed by atoms with E-state index >= 15 is 0 Å². The molecule has 2 aromatic rings. The molecular formula is C4H2N4S2. The maximum absolute atomic E-state index is 4.02. The van der Waals surface area contributed by atoms with Gasteiger partial charge < -0.3 is 0 Å². The molecule has 0 aliphatic carbocycles. The van der Waals surface area contributed by atoms with Crippen LogP contribution < -0.4 is 0 Å². The number of aromatic nitrogens is 4. The van der Waals surface area contributed by atoms with E-state index in [9.17, 15) is 0 Å². The molecule has 0 bridgehead atoms. The molecule has 6 heteroatoms. The minimum atomic E-state index is 0.625. The lowest BCUT2D eigenvalue weighted by Gasteiger charge is -1.78. The van der Waals surface area contributed by atoms with Crippen LogP contribution >= 0.6 is 23.1 Å². The summed E-state index contributed by atoms with van der Waals surface area (Å²) < 4.78 is 7.55. The van der Waals surface area contributed by atoms with Crippen LogP contribution in [0, 0.1) is 0 Å². The van der Waals surface area contributed by atoms with Gasteiger partial charge in [0.15, 0.2) is 5.01 Å². The van der Waals surface area contributed by atoms with Crippen LogP contribution in [0.2, 0.25) is 0 Å². The van der Waals surface area contributed by atoms with Gasteiger partial charge in [-0.15, -0.1) is 20.8 Å². The number of nitrogens with zero attached hydrogens (tertiary/aromatic N) is 4. The Morgan fingerprint density at radius 3 is 3.00 bits per heavy atom. The predicted octanol–water partition coefficient (Wildman–Crippen LogP) is 1.06. The van der Waals surface area contributed by atoms with Gasteiger partial charge in [-0.05, 0) is 0 Å². The fourth-order valence-electron chi connectivity index (χ4n) is 0.548. The van der Waals surface area contributed by atoms with Gasteiger partial charge in [-0.2, -0.15) is 0 Å². The average Bonchev–Trinajstić information content (AvgIpc) is 2.59. The van der Waals surface area contributed by atoms with E-state index in [1.807, 2.05) is 5.38 Å². The van der Waals surface area contributed by atoms with Gasteiger partial charge in [-0.1, -0.05) is 4.49 Å². The highest BCUT2D eigenvalue weighted by molar-refractivity contribution is 7.13. The zero-order chi connectivity index (χ0) is 6.81. The molecule has 10 heavy (non-hydrogen) atoms. The molecule has 0 N–H and O–H groups in total. The van der Waals surface area contributed by atoms with E-state index in [-0.39, 0.29) is 0 Å². The summed E-state index contributed by atoms with van der Waals surface area (Å²) in [6.07, 6.45) is 1.72. The molecule has 0 atom stereocenters. The maximum Gasteiger partial charge on any atom is 0.225 e. The molecule has 2 rings (SSSR count). The van der Waals surface area contributed by atoms with Gasteiger partial charge in [-0.25, -0.2) is 4.98 Å². The first-order valence-electron chi connectivity index (χ1n) is 2.52. The Morgan fingerprint density at radius 1 is 1.40 bits per heavy atom. The minimum Gasteiger partial charge on any atom is -0.241 e. The predicted molar refractivity (Wildman–Crippen MR) is 38.8 cm³/mol. The summed E-state index contributed by atoms with van der Waals surface area (Å²) in [4.78, 5) is 4.02. The highest BCUT2D eigenvalue weighted by atomic mass is 32.1. The summed E-state index contributed by atoms with van der Waals surface area (Å²) >= 11 is 2.60. The zero-order valence-corrected chi connectivity index (χ0v) is 6.39. The third-order valence-electron chi connectivity index (χ3n) is 0.923. The number of thiazole rings is 1. The van der Waals surface area contributed by atoms with E-state index in [2.05, 4.69) is 18.9 Å². The molecule has 0 aliphatic heterocycles. The normalized spacial score (nSPS) is 10.0. The molecule has 0 radical (unpaired) electrons. The first-order chi connectivity index (χ1) is 4.97. The van der Waals surface area contributed by atoms with E-state index in [0.29, 0.717) is 5.82 Å². The van der Waals surface area contributed by atoms with Crippen LogP contribution in [0.5, 0.6) is 0 Å². The molecule has 2 aromatic heterocycles. The fourth-order valence-corrected chi connectivity index (χ4v) is 1.52. The Bertz CT molecular complexity index is 255. The molecule has 0 fully saturated rings. The summed E-state index contributed by atoms with van der Waals surface area (Å²) in [5, 5.41) is 6.48. The van der Waals surface area contributed by atoms with Gasteiger partial charge in [0.2, 0.25) is 5.82 Å². The van der Waals surface area contributed by atoms with E-state index in [1.165, 1.54) is 11.3 Å². The number of hydrogen-bond acceptors (Lipinski definition) is 6. The number of rotatable bonds is 1. The SMILES string of the molecule is c1csc(-c2nnsn2)n1. The Balaban J connectivity index is 2.48. The van der Waals surface area contributed by atoms with Crippen LogP contribution in [0.3, 0.4) is 0 Å². The van der Waals surface area contributed by atoms with Crippen molar-refractivity contribution >= 4 is 23.1 Å². The summed E-state index contributed by atoms with van der Waals surface area (Å²) in [5.41, 5.74) is 0. The van der Waals surface area contributed by atoms with Crippen molar-refractivity contribution in [1.82, 2.24) is 18.9 Å². The topological polar surface area (TPSA) is 51.6 Å². The van der Waals surface area contributed by atoms with Gasteiger partial charge in [0.1, 0.15) is 0 Å². The van der Waals surface area contributed by atoms with Crippen molar-refractivity contribution in [2.24, 2.45) is 0 Å². The van der Waals surface area contributed by atoms with Gasteiger partial charge in [0.05, 0.1) is 11.7 Å². The van der Waals surface area contributed by atoms with Crippen LogP contribution in [0.4, 0.5) is 0 Å². The number of hydrogen-bond donors (Lipinski definition) is 0. The van der Waals surface area contributed by atoms with Gasteiger partial charge >= 0.3 is 0 Å². The van der Waals surface area contributed by atoms with E-state index in [4.69, 9.17) is 0 Å². The van der Waals surface area contributed by atoms with Crippen LogP contribution in [0.1, 0.15) is 0 Å². The molecule has 0 spiro atoms. The highest BCUT2D eigenvalue weighted by Gasteiger charge is 2.03. The smallest absolute Gasteiger partial charge is 0.225 e. The van der Waals surface area contributed by atoms with Crippen molar-refractivity contribution in [3.05, 3.63) is 11.6 Å². The third-order valence-corrected chi connectivity index (χ3v) is 2.10. The first-order valence-corrected chi connectivity index (χ1v) is 4.13. The van der Waals surface area contributed by atoms with Crippen molar-refractivity contribution in [2.45, 2.75) is 0 Å². The van der Waals surface area contributed by atoms with Crippen molar-refractivity contribution in [2.75, 3.05) is 0 Å². The molecule has 2 heterocycles. The third kappa shape index (κ3) is 0.910. The van der Waals surface area contributed by atoms with Gasteiger partial charge in [-0.3, -0.25) is 0 Å². The molecule has 0 unspecified atom stereocenters. The van der Waals surface area contributed by atoms with Gasteiger partial charge in [0, 0.05) is 11.6 Å². The van der Waals surface area contributed by atoms with E-state index in [0.717, 1.165) is 16.7 Å². The summed E-state index contributed by atoms with van der Waals surface area (Å²) in [5.74, 6) is 0.625. The quantitative estimate of drug-likeness (QED) is 0.642. The largest absolute Gasteiger partial charge is 0.241 e. The summed E-state index contributed by atoms with van der Waals surface area (Å²) in [7, 11) is 0. The van der Waals surface area contributed by atoms with Crippen LogP contribution in [-0.4, -0.2) is 18.9 Å². The standard InChI is InChI=1S/C4H2N4S2/c1-2-9-4(5-1)3-6-8-10-7-3/h1-2H. The Hall–Kier alpha value is -0.880. The average molecular weight is 170 g/mol. The first kappa shape index (κ1) is 5.87. The Labute approximate surface area is 64.9 Å². The van der Waals surface area contributed by atoms with Crippen molar-refractivity contribution in [1.29, 1.82) is 0 Å². The van der Waals surface area contributed by atoms with Crippen LogP contribution in [0.25, 0.3) is 10.8 Å². The second kappa shape index (κ2) is 2.39. The molecular weight excluding hydrogens is 168 g/mol. The second-order valence-corrected chi connectivity index (χ2v) is 2.92. The molecule has 4 nitrogen and oxygen atoms in total. The Kier molecular flexibility index (Phi) is 1.40. The molecule has 50 valence electrons. The summed E-state index contributed by atoms with van der Waals surface area (Å²) in [6.45, 7) is 0. The van der Waals surface area contributed by atoms with Crippen molar-refractivity contribution in [3.8, 4) is 10.8 Å². The van der Waals surface area contributed by atoms with E-state index < -0.39 is 0 Å². The molecule has 0 saturated carbocycles. The Morgan fingerprint density at radius 2 is 2.40 bits per heavy atom. The molecule has 0 aromatic carbocycles. The maximum atomic E-state index is 4.02. The highest BCUT2D eigenvalue weighted by Crippen LogP contribution is 2.16.